The van der Waals surface area contributed by atoms with E-state index in [4.69, 9.17) is 4.74 Å². The highest BCUT2D eigenvalue weighted by Gasteiger charge is 2.25. The molecule has 0 aliphatic carbocycles. The molecule has 3 heterocycles. The van der Waals surface area contributed by atoms with Crippen molar-refractivity contribution in [2.24, 2.45) is 0 Å². The number of piperazine rings is 1. The first-order valence-electron chi connectivity index (χ1n) is 8.16. The Morgan fingerprint density at radius 3 is 2.83 bits per heavy atom. The van der Waals surface area contributed by atoms with Gasteiger partial charge in [-0.1, -0.05) is 13.3 Å². The minimum absolute atomic E-state index is 0.0280. The number of nitrogens with zero attached hydrogens (tertiary/aromatic N) is 5. The quantitative estimate of drug-likeness (QED) is 0.884. The van der Waals surface area contributed by atoms with Gasteiger partial charge < -0.3 is 14.5 Å². The number of hydrogen-bond acceptors (Lipinski definition) is 6. The number of H-pyrrole nitrogens is 1. The van der Waals surface area contributed by atoms with Gasteiger partial charge in [0.05, 0.1) is 7.11 Å². The zero-order chi connectivity index (χ0) is 16.9. The first-order valence-corrected chi connectivity index (χ1v) is 8.16. The predicted octanol–water partition coefficient (Wildman–Crippen LogP) is 1.12. The molecule has 1 fully saturated rings. The standard InChI is InChI=1S/C16H22N6O2/c1-3-4-12-11-13(20-19-12)15(23)21-7-9-22(10-8-21)16-17-6-5-14(18-16)24-2/h5-6,11H,3-4,7-10H2,1-2H3,(H,19,20). The number of nitrogens with one attached hydrogen (secondary N) is 1. The number of anilines is 1. The molecular formula is C16H22N6O2. The van der Waals surface area contributed by atoms with E-state index in [-0.39, 0.29) is 5.91 Å². The molecule has 1 aliphatic heterocycles. The summed E-state index contributed by atoms with van der Waals surface area (Å²) in [7, 11) is 1.58. The largest absolute Gasteiger partial charge is 0.481 e. The topological polar surface area (TPSA) is 87.2 Å². The van der Waals surface area contributed by atoms with Crippen LogP contribution in [0.5, 0.6) is 5.88 Å². The molecule has 24 heavy (non-hydrogen) atoms. The van der Waals surface area contributed by atoms with E-state index in [1.807, 2.05) is 11.0 Å². The SMILES string of the molecule is CCCc1cc(C(=O)N2CCN(c3nccc(OC)n3)CC2)n[nH]1. The van der Waals surface area contributed by atoms with Crippen LogP contribution in [0.15, 0.2) is 18.3 Å². The average Bonchev–Trinajstić information content (AvgIpc) is 3.10. The number of ether oxygens (including phenoxy) is 1. The number of hydrogen-bond donors (Lipinski definition) is 1. The van der Waals surface area contributed by atoms with E-state index in [2.05, 4.69) is 32.0 Å². The zero-order valence-corrected chi connectivity index (χ0v) is 14.0. The molecule has 0 radical (unpaired) electrons. The summed E-state index contributed by atoms with van der Waals surface area (Å²) in [5, 5.41) is 7.07. The fourth-order valence-corrected chi connectivity index (χ4v) is 2.74. The van der Waals surface area contributed by atoms with Crippen LogP contribution in [0.3, 0.4) is 0 Å². The molecule has 0 atom stereocenters. The summed E-state index contributed by atoms with van der Waals surface area (Å²) < 4.78 is 5.13. The lowest BCUT2D eigenvalue weighted by atomic mass is 10.2. The zero-order valence-electron chi connectivity index (χ0n) is 14.0. The predicted molar refractivity (Wildman–Crippen MR) is 89.3 cm³/mol. The molecule has 128 valence electrons. The summed E-state index contributed by atoms with van der Waals surface area (Å²) >= 11 is 0. The van der Waals surface area contributed by atoms with Crippen LogP contribution in [0.1, 0.15) is 29.5 Å². The summed E-state index contributed by atoms with van der Waals surface area (Å²) in [4.78, 5) is 25.0. The Morgan fingerprint density at radius 1 is 1.33 bits per heavy atom. The maximum absolute atomic E-state index is 12.5. The molecule has 0 aromatic carbocycles. The number of aryl methyl sites for hydroxylation is 1. The van der Waals surface area contributed by atoms with Crippen molar-refractivity contribution in [2.45, 2.75) is 19.8 Å². The van der Waals surface area contributed by atoms with E-state index in [0.717, 1.165) is 18.5 Å². The number of carbonyl (C=O) groups is 1. The lowest BCUT2D eigenvalue weighted by molar-refractivity contribution is 0.0740. The van der Waals surface area contributed by atoms with Crippen molar-refractivity contribution in [2.75, 3.05) is 38.2 Å². The van der Waals surface area contributed by atoms with Crippen LogP contribution in [0.25, 0.3) is 0 Å². The van der Waals surface area contributed by atoms with E-state index >= 15 is 0 Å². The number of aromatic nitrogens is 4. The van der Waals surface area contributed by atoms with Gasteiger partial charge in [0.2, 0.25) is 11.8 Å². The summed E-state index contributed by atoms with van der Waals surface area (Å²) in [6.07, 6.45) is 3.61. The van der Waals surface area contributed by atoms with Gasteiger partial charge in [0, 0.05) is 44.1 Å². The second kappa shape index (κ2) is 7.29. The van der Waals surface area contributed by atoms with Crippen LogP contribution in [-0.2, 0) is 6.42 Å². The van der Waals surface area contributed by atoms with Gasteiger partial charge in [-0.25, -0.2) is 4.98 Å². The lowest BCUT2D eigenvalue weighted by Gasteiger charge is -2.34. The minimum Gasteiger partial charge on any atom is -0.481 e. The minimum atomic E-state index is -0.0280. The summed E-state index contributed by atoms with van der Waals surface area (Å²) in [5.74, 6) is 1.14. The number of aromatic amines is 1. The molecule has 1 saturated heterocycles. The van der Waals surface area contributed by atoms with Gasteiger partial charge in [-0.3, -0.25) is 9.89 Å². The maximum Gasteiger partial charge on any atom is 0.274 e. The van der Waals surface area contributed by atoms with E-state index < -0.39 is 0 Å². The smallest absolute Gasteiger partial charge is 0.274 e. The fourth-order valence-electron chi connectivity index (χ4n) is 2.74. The molecule has 1 N–H and O–H groups in total. The van der Waals surface area contributed by atoms with Gasteiger partial charge in [0.25, 0.3) is 5.91 Å². The summed E-state index contributed by atoms with van der Waals surface area (Å²) in [6, 6.07) is 3.57. The molecule has 0 saturated carbocycles. The highest BCUT2D eigenvalue weighted by atomic mass is 16.5. The lowest BCUT2D eigenvalue weighted by Crippen LogP contribution is -2.49. The van der Waals surface area contributed by atoms with Gasteiger partial charge in [-0.2, -0.15) is 10.1 Å². The van der Waals surface area contributed by atoms with Gasteiger partial charge in [-0.15, -0.1) is 0 Å². The second-order valence-corrected chi connectivity index (χ2v) is 5.71. The first-order chi connectivity index (χ1) is 11.7. The molecule has 2 aromatic rings. The van der Waals surface area contributed by atoms with Crippen molar-refractivity contribution in [1.29, 1.82) is 0 Å². The van der Waals surface area contributed by atoms with Crippen LogP contribution in [0.2, 0.25) is 0 Å². The van der Waals surface area contributed by atoms with Gasteiger partial charge in [0.1, 0.15) is 5.69 Å². The first kappa shape index (κ1) is 16.2. The van der Waals surface area contributed by atoms with Crippen molar-refractivity contribution in [3.63, 3.8) is 0 Å². The van der Waals surface area contributed by atoms with Crippen LogP contribution < -0.4 is 9.64 Å². The third kappa shape index (κ3) is 3.47. The van der Waals surface area contributed by atoms with Crippen LogP contribution in [0, 0.1) is 0 Å². The molecule has 8 heteroatoms. The Balaban J connectivity index is 1.60. The van der Waals surface area contributed by atoms with Gasteiger partial charge >= 0.3 is 0 Å². The van der Waals surface area contributed by atoms with Gasteiger partial charge in [-0.05, 0) is 12.5 Å². The second-order valence-electron chi connectivity index (χ2n) is 5.71. The Bertz CT molecular complexity index is 693. The Morgan fingerprint density at radius 2 is 2.12 bits per heavy atom. The van der Waals surface area contributed by atoms with E-state index in [0.29, 0.717) is 43.7 Å². The molecular weight excluding hydrogens is 308 g/mol. The van der Waals surface area contributed by atoms with Crippen molar-refractivity contribution in [3.8, 4) is 5.88 Å². The van der Waals surface area contributed by atoms with Crippen molar-refractivity contribution >= 4 is 11.9 Å². The number of amides is 1. The molecule has 3 rings (SSSR count). The monoisotopic (exact) mass is 330 g/mol. The third-order valence-corrected chi connectivity index (χ3v) is 4.05. The molecule has 2 aromatic heterocycles. The normalized spacial score (nSPS) is 14.8. The van der Waals surface area contributed by atoms with E-state index in [1.54, 1.807) is 19.4 Å². The molecule has 8 nitrogen and oxygen atoms in total. The highest BCUT2D eigenvalue weighted by molar-refractivity contribution is 5.92. The molecule has 0 unspecified atom stereocenters. The summed E-state index contributed by atoms with van der Waals surface area (Å²) in [6.45, 7) is 4.71. The van der Waals surface area contributed by atoms with E-state index in [9.17, 15) is 4.79 Å². The molecule has 1 amide bonds. The average molecular weight is 330 g/mol. The fraction of sp³-hybridized carbons (Fsp3) is 0.500. The van der Waals surface area contributed by atoms with Crippen molar-refractivity contribution in [3.05, 3.63) is 29.7 Å². The molecule has 0 bridgehead atoms. The molecule has 1 aliphatic rings. The third-order valence-electron chi connectivity index (χ3n) is 4.05. The summed E-state index contributed by atoms with van der Waals surface area (Å²) in [5.41, 5.74) is 1.49. The number of carbonyl (C=O) groups excluding carboxylic acids is 1. The number of rotatable bonds is 5. The van der Waals surface area contributed by atoms with Crippen LogP contribution >= 0.6 is 0 Å². The van der Waals surface area contributed by atoms with Crippen LogP contribution in [-0.4, -0.2) is 64.3 Å². The van der Waals surface area contributed by atoms with Gasteiger partial charge in [0.15, 0.2) is 0 Å². The highest BCUT2D eigenvalue weighted by Crippen LogP contribution is 2.15. The van der Waals surface area contributed by atoms with Crippen molar-refractivity contribution in [1.82, 2.24) is 25.1 Å². The van der Waals surface area contributed by atoms with Crippen LogP contribution in [0.4, 0.5) is 5.95 Å². The Hall–Kier alpha value is -2.64. The number of methoxy groups -OCH3 is 1. The Labute approximate surface area is 140 Å². The van der Waals surface area contributed by atoms with E-state index in [1.165, 1.54) is 0 Å². The maximum atomic E-state index is 12.5. The van der Waals surface area contributed by atoms with Crippen molar-refractivity contribution < 1.29 is 9.53 Å². The molecule has 0 spiro atoms. The Kier molecular flexibility index (Phi) is 4.93.